The van der Waals surface area contributed by atoms with Gasteiger partial charge in [0.25, 0.3) is 5.91 Å². The lowest BCUT2D eigenvalue weighted by Gasteiger charge is -2.12. The van der Waals surface area contributed by atoms with Crippen LogP contribution in [0.5, 0.6) is 11.5 Å². The van der Waals surface area contributed by atoms with Gasteiger partial charge in [0.05, 0.1) is 0 Å². The summed E-state index contributed by atoms with van der Waals surface area (Å²) in [6.45, 7) is 2.58. The largest absolute Gasteiger partial charge is 0.507 e. The second-order valence-electron chi connectivity index (χ2n) is 4.80. The van der Waals surface area contributed by atoms with Crippen LogP contribution in [0.3, 0.4) is 0 Å². The Morgan fingerprint density at radius 1 is 1.44 bits per heavy atom. The van der Waals surface area contributed by atoms with Crippen molar-refractivity contribution in [2.45, 2.75) is 6.42 Å². The topological polar surface area (TPSA) is 72.8 Å². The molecule has 1 unspecified atom stereocenters. The normalized spacial score (nSPS) is 19.9. The predicted molar refractivity (Wildman–Crippen MR) is 67.7 cm³/mol. The van der Waals surface area contributed by atoms with Crippen LogP contribution < -0.4 is 5.32 Å². The molecule has 2 rings (SSSR count). The zero-order valence-electron chi connectivity index (χ0n) is 10.4. The van der Waals surface area contributed by atoms with E-state index in [1.165, 1.54) is 18.2 Å². The van der Waals surface area contributed by atoms with Gasteiger partial charge < -0.3 is 20.4 Å². The Bertz CT molecular complexity index is 428. The number of phenols is 2. The highest BCUT2D eigenvalue weighted by Crippen LogP contribution is 2.26. The predicted octanol–water partition coefficient (Wildman–Crippen LogP) is 0.779. The molecule has 1 aliphatic rings. The van der Waals surface area contributed by atoms with E-state index in [2.05, 4.69) is 17.3 Å². The third kappa shape index (κ3) is 2.73. The van der Waals surface area contributed by atoms with Gasteiger partial charge in [-0.2, -0.15) is 0 Å². The maximum absolute atomic E-state index is 11.9. The maximum Gasteiger partial charge on any atom is 0.258 e. The van der Waals surface area contributed by atoms with E-state index in [0.717, 1.165) is 19.5 Å². The van der Waals surface area contributed by atoms with Gasteiger partial charge in [-0.25, -0.2) is 0 Å². The Balaban J connectivity index is 1.96. The van der Waals surface area contributed by atoms with Gasteiger partial charge in [-0.05, 0) is 38.1 Å². The number of hydrogen-bond acceptors (Lipinski definition) is 4. The summed E-state index contributed by atoms with van der Waals surface area (Å²) in [5.41, 5.74) is -0.0520. The molecule has 0 aliphatic carbocycles. The van der Waals surface area contributed by atoms with Crippen molar-refractivity contribution in [3.05, 3.63) is 23.8 Å². The molecule has 1 saturated heterocycles. The van der Waals surface area contributed by atoms with Crippen LogP contribution in [0, 0.1) is 5.92 Å². The molecule has 1 fully saturated rings. The van der Waals surface area contributed by atoms with Crippen LogP contribution in [-0.4, -0.2) is 47.7 Å². The molecule has 98 valence electrons. The molecule has 1 aromatic rings. The van der Waals surface area contributed by atoms with E-state index in [-0.39, 0.29) is 17.1 Å². The zero-order chi connectivity index (χ0) is 13.1. The lowest BCUT2D eigenvalue weighted by atomic mass is 10.1. The van der Waals surface area contributed by atoms with E-state index < -0.39 is 5.91 Å². The summed E-state index contributed by atoms with van der Waals surface area (Å²) >= 11 is 0. The smallest absolute Gasteiger partial charge is 0.258 e. The number of carbonyl (C=O) groups excluding carboxylic acids is 1. The number of benzene rings is 1. The van der Waals surface area contributed by atoms with Crippen LogP contribution in [0.4, 0.5) is 0 Å². The standard InChI is InChI=1S/C13H18N2O3/c1-15-6-5-9(8-15)7-14-13(18)12-10(16)3-2-4-11(12)17/h2-4,9,16-17H,5-8H2,1H3,(H,14,18). The van der Waals surface area contributed by atoms with E-state index in [1.807, 2.05) is 0 Å². The van der Waals surface area contributed by atoms with Gasteiger partial charge in [0.1, 0.15) is 17.1 Å². The zero-order valence-corrected chi connectivity index (χ0v) is 10.4. The van der Waals surface area contributed by atoms with Crippen molar-refractivity contribution in [3.8, 4) is 11.5 Å². The number of nitrogens with zero attached hydrogens (tertiary/aromatic N) is 1. The van der Waals surface area contributed by atoms with Gasteiger partial charge >= 0.3 is 0 Å². The number of amides is 1. The fourth-order valence-electron chi connectivity index (χ4n) is 2.28. The molecule has 0 bridgehead atoms. The van der Waals surface area contributed by atoms with Crippen LogP contribution in [0.1, 0.15) is 16.8 Å². The number of aromatic hydroxyl groups is 2. The van der Waals surface area contributed by atoms with Crippen LogP contribution in [0.15, 0.2) is 18.2 Å². The summed E-state index contributed by atoms with van der Waals surface area (Å²) in [6, 6.07) is 4.27. The van der Waals surface area contributed by atoms with Crippen LogP contribution in [0.2, 0.25) is 0 Å². The molecule has 18 heavy (non-hydrogen) atoms. The molecule has 3 N–H and O–H groups in total. The van der Waals surface area contributed by atoms with Gasteiger partial charge in [0, 0.05) is 13.1 Å². The Labute approximate surface area is 106 Å². The van der Waals surface area contributed by atoms with E-state index in [0.29, 0.717) is 12.5 Å². The third-order valence-electron chi connectivity index (χ3n) is 3.29. The Morgan fingerprint density at radius 3 is 2.67 bits per heavy atom. The molecular weight excluding hydrogens is 232 g/mol. The summed E-state index contributed by atoms with van der Waals surface area (Å²) in [7, 11) is 2.05. The second kappa shape index (κ2) is 5.27. The summed E-state index contributed by atoms with van der Waals surface area (Å²) in [6.07, 6.45) is 1.06. The molecule has 5 nitrogen and oxygen atoms in total. The van der Waals surface area contributed by atoms with Gasteiger partial charge in [-0.1, -0.05) is 6.07 Å². The lowest BCUT2D eigenvalue weighted by molar-refractivity contribution is 0.0942. The Morgan fingerprint density at radius 2 is 2.11 bits per heavy atom. The fraction of sp³-hybridized carbons (Fsp3) is 0.462. The average Bonchev–Trinajstić information content (AvgIpc) is 2.72. The van der Waals surface area contributed by atoms with Crippen LogP contribution in [0.25, 0.3) is 0 Å². The number of nitrogens with one attached hydrogen (secondary N) is 1. The molecular formula is C13H18N2O3. The van der Waals surface area contributed by atoms with Crippen LogP contribution >= 0.6 is 0 Å². The van der Waals surface area contributed by atoms with Crippen molar-refractivity contribution in [2.75, 3.05) is 26.7 Å². The Kier molecular flexibility index (Phi) is 3.72. The third-order valence-corrected chi connectivity index (χ3v) is 3.29. The number of phenolic OH excluding ortho intramolecular Hbond substituents is 2. The molecule has 0 spiro atoms. The quantitative estimate of drug-likeness (QED) is 0.741. The molecule has 1 atom stereocenters. The number of hydrogen-bond donors (Lipinski definition) is 3. The monoisotopic (exact) mass is 250 g/mol. The first-order valence-corrected chi connectivity index (χ1v) is 6.05. The minimum Gasteiger partial charge on any atom is -0.507 e. The molecule has 1 aromatic carbocycles. The van der Waals surface area contributed by atoms with Crippen molar-refractivity contribution < 1.29 is 15.0 Å². The van der Waals surface area contributed by atoms with E-state index in [1.54, 1.807) is 0 Å². The maximum atomic E-state index is 11.9. The van der Waals surface area contributed by atoms with Gasteiger partial charge in [-0.15, -0.1) is 0 Å². The van der Waals surface area contributed by atoms with Gasteiger partial charge in [-0.3, -0.25) is 4.79 Å². The van der Waals surface area contributed by atoms with E-state index in [4.69, 9.17) is 0 Å². The highest BCUT2D eigenvalue weighted by Gasteiger charge is 2.21. The SMILES string of the molecule is CN1CCC(CNC(=O)c2c(O)cccc2O)C1. The highest BCUT2D eigenvalue weighted by atomic mass is 16.3. The molecule has 1 amide bonds. The van der Waals surface area contributed by atoms with Crippen molar-refractivity contribution in [1.82, 2.24) is 10.2 Å². The molecule has 5 heteroatoms. The average molecular weight is 250 g/mol. The first-order valence-electron chi connectivity index (χ1n) is 6.05. The summed E-state index contributed by atoms with van der Waals surface area (Å²) in [5, 5.41) is 21.9. The molecule has 1 aliphatic heterocycles. The fourth-order valence-corrected chi connectivity index (χ4v) is 2.28. The van der Waals surface area contributed by atoms with Crippen molar-refractivity contribution >= 4 is 5.91 Å². The summed E-state index contributed by atoms with van der Waals surface area (Å²) in [4.78, 5) is 14.1. The number of carbonyl (C=O) groups is 1. The summed E-state index contributed by atoms with van der Waals surface area (Å²) in [5.74, 6) is -0.390. The molecule has 0 saturated carbocycles. The van der Waals surface area contributed by atoms with E-state index >= 15 is 0 Å². The minimum atomic E-state index is -0.430. The molecule has 0 radical (unpaired) electrons. The van der Waals surface area contributed by atoms with Gasteiger partial charge in [0.15, 0.2) is 0 Å². The first-order chi connectivity index (χ1) is 8.58. The van der Waals surface area contributed by atoms with Crippen molar-refractivity contribution in [3.63, 3.8) is 0 Å². The first kappa shape index (κ1) is 12.7. The van der Waals surface area contributed by atoms with Crippen molar-refractivity contribution in [2.24, 2.45) is 5.92 Å². The van der Waals surface area contributed by atoms with Crippen molar-refractivity contribution in [1.29, 1.82) is 0 Å². The highest BCUT2D eigenvalue weighted by molar-refractivity contribution is 5.99. The number of likely N-dealkylation sites (tertiary alicyclic amines) is 1. The summed E-state index contributed by atoms with van der Waals surface area (Å²) < 4.78 is 0. The molecule has 1 heterocycles. The number of rotatable bonds is 3. The second-order valence-corrected chi connectivity index (χ2v) is 4.80. The van der Waals surface area contributed by atoms with E-state index in [9.17, 15) is 15.0 Å². The van der Waals surface area contributed by atoms with Gasteiger partial charge in [0.2, 0.25) is 0 Å². The minimum absolute atomic E-state index is 0.0520. The Hall–Kier alpha value is -1.75. The molecule has 0 aromatic heterocycles. The lowest BCUT2D eigenvalue weighted by Crippen LogP contribution is -2.30. The van der Waals surface area contributed by atoms with Crippen LogP contribution in [-0.2, 0) is 0 Å².